The second kappa shape index (κ2) is 7.59. The van der Waals surface area contributed by atoms with Crippen molar-refractivity contribution in [2.45, 2.75) is 50.5 Å². The van der Waals surface area contributed by atoms with Crippen LogP contribution >= 0.6 is 0 Å². The molecule has 2 N–H and O–H groups in total. The van der Waals surface area contributed by atoms with E-state index in [2.05, 4.69) is 18.3 Å². The lowest BCUT2D eigenvalue weighted by Gasteiger charge is -2.36. The fraction of sp³-hybridized carbons (Fsp3) is 0.611. The lowest BCUT2D eigenvalue weighted by molar-refractivity contribution is -0.00848. The highest BCUT2D eigenvalue weighted by Crippen LogP contribution is 2.33. The van der Waals surface area contributed by atoms with Crippen molar-refractivity contribution in [2.75, 3.05) is 13.1 Å². The van der Waals surface area contributed by atoms with Gasteiger partial charge in [-0.3, -0.25) is 0 Å². The van der Waals surface area contributed by atoms with E-state index < -0.39 is 5.60 Å². The van der Waals surface area contributed by atoms with Gasteiger partial charge < -0.3 is 10.4 Å². The summed E-state index contributed by atoms with van der Waals surface area (Å²) in [6, 6.07) is 12.2. The number of benzene rings is 1. The highest BCUT2D eigenvalue weighted by molar-refractivity contribution is 5.25. The van der Waals surface area contributed by atoms with Crippen molar-refractivity contribution >= 4 is 0 Å². The average Bonchev–Trinajstić information content (AvgIpc) is 2.53. The summed E-state index contributed by atoms with van der Waals surface area (Å²) < 4.78 is 0. The fourth-order valence-electron chi connectivity index (χ4n) is 3.17. The van der Waals surface area contributed by atoms with Crippen molar-refractivity contribution in [3.63, 3.8) is 0 Å². The summed E-state index contributed by atoms with van der Waals surface area (Å²) in [5.74, 6) is 0.628. The number of nitrogens with zero attached hydrogens (tertiary/aromatic N) is 1. The lowest BCUT2D eigenvalue weighted by atomic mass is 9.78. The van der Waals surface area contributed by atoms with Crippen LogP contribution in [0.3, 0.4) is 0 Å². The Hall–Kier alpha value is -1.37. The number of hydrogen-bond acceptors (Lipinski definition) is 3. The van der Waals surface area contributed by atoms with E-state index in [-0.39, 0.29) is 5.92 Å². The first-order valence-electron chi connectivity index (χ1n) is 8.04. The normalized spacial score (nSPS) is 27.0. The summed E-state index contributed by atoms with van der Waals surface area (Å²) in [5.41, 5.74) is 0.455. The molecule has 0 amide bonds. The third-order valence-corrected chi connectivity index (χ3v) is 4.77. The smallest absolute Gasteiger partial charge is 0.0837 e. The molecule has 1 aliphatic carbocycles. The van der Waals surface area contributed by atoms with E-state index in [0.29, 0.717) is 13.1 Å². The fourth-order valence-corrected chi connectivity index (χ4v) is 3.17. The molecule has 21 heavy (non-hydrogen) atoms. The molecule has 1 atom stereocenters. The van der Waals surface area contributed by atoms with Crippen molar-refractivity contribution in [2.24, 2.45) is 5.92 Å². The molecule has 0 bridgehead atoms. The predicted molar refractivity (Wildman–Crippen MR) is 84.9 cm³/mol. The Bertz CT molecular complexity index is 458. The highest BCUT2D eigenvalue weighted by atomic mass is 16.3. The zero-order valence-electron chi connectivity index (χ0n) is 12.9. The van der Waals surface area contributed by atoms with Gasteiger partial charge in [-0.1, -0.05) is 43.7 Å². The molecule has 0 spiro atoms. The van der Waals surface area contributed by atoms with E-state index in [0.717, 1.165) is 37.2 Å². The molecule has 0 heterocycles. The summed E-state index contributed by atoms with van der Waals surface area (Å²) in [4.78, 5) is 0. The van der Waals surface area contributed by atoms with Gasteiger partial charge >= 0.3 is 0 Å². The van der Waals surface area contributed by atoms with Crippen LogP contribution in [0.15, 0.2) is 30.3 Å². The van der Waals surface area contributed by atoms with Crippen LogP contribution in [-0.2, 0) is 0 Å². The van der Waals surface area contributed by atoms with Crippen molar-refractivity contribution in [1.82, 2.24) is 5.32 Å². The van der Waals surface area contributed by atoms with Crippen LogP contribution in [0.5, 0.6) is 0 Å². The first-order valence-corrected chi connectivity index (χ1v) is 8.04. The van der Waals surface area contributed by atoms with E-state index in [1.54, 1.807) is 0 Å². The van der Waals surface area contributed by atoms with Gasteiger partial charge in [0.15, 0.2) is 0 Å². The van der Waals surface area contributed by atoms with Crippen LogP contribution in [0.2, 0.25) is 0 Å². The van der Waals surface area contributed by atoms with Gasteiger partial charge in [-0.25, -0.2) is 0 Å². The summed E-state index contributed by atoms with van der Waals surface area (Å²) in [7, 11) is 0. The van der Waals surface area contributed by atoms with Crippen LogP contribution in [0.1, 0.15) is 50.5 Å². The maximum atomic E-state index is 10.6. The van der Waals surface area contributed by atoms with Gasteiger partial charge in [-0.2, -0.15) is 5.26 Å². The zero-order valence-corrected chi connectivity index (χ0v) is 12.9. The van der Waals surface area contributed by atoms with Gasteiger partial charge in [-0.05, 0) is 37.2 Å². The Morgan fingerprint density at radius 2 is 2.00 bits per heavy atom. The average molecular weight is 286 g/mol. The first kappa shape index (κ1) is 16.0. The Labute approximate surface area is 128 Å². The van der Waals surface area contributed by atoms with Crippen LogP contribution in [0.4, 0.5) is 0 Å². The van der Waals surface area contributed by atoms with Crippen LogP contribution in [-0.4, -0.2) is 23.8 Å². The quantitative estimate of drug-likeness (QED) is 0.844. The topological polar surface area (TPSA) is 56.0 Å². The Balaban J connectivity index is 1.80. The molecule has 0 aliphatic heterocycles. The van der Waals surface area contributed by atoms with Crippen LogP contribution < -0.4 is 5.32 Å². The molecule has 0 radical (unpaired) electrons. The van der Waals surface area contributed by atoms with Crippen molar-refractivity contribution in [3.05, 3.63) is 35.9 Å². The molecule has 1 aromatic rings. The first-order chi connectivity index (χ1) is 10.2. The summed E-state index contributed by atoms with van der Waals surface area (Å²) in [6.07, 6.45) is 5.21. The lowest BCUT2D eigenvalue weighted by Crippen LogP contribution is -2.44. The molecule has 3 nitrogen and oxygen atoms in total. The molecule has 2 rings (SSSR count). The monoisotopic (exact) mass is 286 g/mol. The van der Waals surface area contributed by atoms with Gasteiger partial charge in [0, 0.05) is 13.1 Å². The predicted octanol–water partition coefficient (Wildman–Crippen LogP) is 3.21. The second-order valence-electron chi connectivity index (χ2n) is 6.30. The maximum Gasteiger partial charge on any atom is 0.0837 e. The Morgan fingerprint density at radius 1 is 1.33 bits per heavy atom. The van der Waals surface area contributed by atoms with Crippen molar-refractivity contribution in [3.8, 4) is 6.07 Å². The molecule has 3 heteroatoms. The maximum absolute atomic E-state index is 10.6. The van der Waals surface area contributed by atoms with Crippen LogP contribution in [0, 0.1) is 17.2 Å². The molecular formula is C18H26N2O. The van der Waals surface area contributed by atoms with E-state index >= 15 is 0 Å². The molecule has 1 aromatic carbocycles. The van der Waals surface area contributed by atoms with Gasteiger partial charge in [0.2, 0.25) is 0 Å². The highest BCUT2D eigenvalue weighted by Gasteiger charge is 2.32. The number of rotatable bonds is 6. The number of nitriles is 1. The molecule has 1 fully saturated rings. The van der Waals surface area contributed by atoms with Crippen LogP contribution in [0.25, 0.3) is 0 Å². The van der Waals surface area contributed by atoms with Gasteiger partial charge in [0.25, 0.3) is 0 Å². The largest absolute Gasteiger partial charge is 0.389 e. The molecule has 1 unspecified atom stereocenters. The third-order valence-electron chi connectivity index (χ3n) is 4.77. The van der Waals surface area contributed by atoms with Crippen molar-refractivity contribution < 1.29 is 5.11 Å². The standard InChI is InChI=1S/C18H26N2O/c1-2-15-8-10-18(21,11-9-15)14-20-13-17(12-19)16-6-4-3-5-7-16/h3-7,15,17,20-21H,2,8-11,13-14H2,1H3. The van der Waals surface area contributed by atoms with Gasteiger partial charge in [0.05, 0.1) is 17.6 Å². The minimum atomic E-state index is -0.581. The summed E-state index contributed by atoms with van der Waals surface area (Å²) in [5, 5.41) is 23.2. The molecule has 114 valence electrons. The molecular weight excluding hydrogens is 260 g/mol. The van der Waals surface area contributed by atoms with Gasteiger partial charge in [0.1, 0.15) is 0 Å². The minimum absolute atomic E-state index is 0.151. The molecule has 1 saturated carbocycles. The van der Waals surface area contributed by atoms with E-state index in [9.17, 15) is 10.4 Å². The molecule has 0 saturated heterocycles. The minimum Gasteiger partial charge on any atom is -0.389 e. The van der Waals surface area contributed by atoms with E-state index in [4.69, 9.17) is 0 Å². The summed E-state index contributed by atoms with van der Waals surface area (Å²) in [6.45, 7) is 3.42. The second-order valence-corrected chi connectivity index (χ2v) is 6.30. The summed E-state index contributed by atoms with van der Waals surface area (Å²) >= 11 is 0. The van der Waals surface area contributed by atoms with Gasteiger partial charge in [-0.15, -0.1) is 0 Å². The number of aliphatic hydroxyl groups is 1. The molecule has 0 aromatic heterocycles. The van der Waals surface area contributed by atoms with E-state index in [1.807, 2.05) is 30.3 Å². The number of nitrogens with one attached hydrogen (secondary N) is 1. The Morgan fingerprint density at radius 3 is 2.57 bits per heavy atom. The third kappa shape index (κ3) is 4.56. The van der Waals surface area contributed by atoms with Crippen molar-refractivity contribution in [1.29, 1.82) is 5.26 Å². The molecule has 1 aliphatic rings. The number of hydrogen-bond donors (Lipinski definition) is 2. The van der Waals surface area contributed by atoms with E-state index in [1.165, 1.54) is 6.42 Å². The SMILES string of the molecule is CCC1CCC(O)(CNCC(C#N)c2ccccc2)CC1. The Kier molecular flexibility index (Phi) is 5.78. The zero-order chi connectivity index (χ0) is 15.1.